The van der Waals surface area contributed by atoms with E-state index in [1.165, 1.54) is 18.9 Å². The Balaban J connectivity index is 1.79. The van der Waals surface area contributed by atoms with Crippen molar-refractivity contribution in [2.75, 3.05) is 20.3 Å². The molecule has 192 valence electrons. The van der Waals surface area contributed by atoms with Crippen LogP contribution in [0.2, 0.25) is 5.02 Å². The van der Waals surface area contributed by atoms with Crippen molar-refractivity contribution in [2.24, 2.45) is 0 Å². The maximum Gasteiger partial charge on any atom is 0.247 e. The molecule has 2 aliphatic rings. The second-order valence-electron chi connectivity index (χ2n) is 8.79. The minimum absolute atomic E-state index is 0.0374. The van der Waals surface area contributed by atoms with Gasteiger partial charge in [-0.3, -0.25) is 9.59 Å². The first-order valence-electron chi connectivity index (χ1n) is 11.6. The Morgan fingerprint density at radius 3 is 2.50 bits per heavy atom. The molecule has 0 saturated carbocycles. The average molecular weight is 517 g/mol. The lowest BCUT2D eigenvalue weighted by atomic mass is 9.77. The molecule has 4 N–H and O–H groups in total. The first-order chi connectivity index (χ1) is 17.3. The van der Waals surface area contributed by atoms with Gasteiger partial charge in [0.05, 0.1) is 32.3 Å². The Morgan fingerprint density at radius 1 is 1.17 bits per heavy atom. The number of halogens is 1. The molecule has 0 saturated heterocycles. The molecule has 0 fully saturated rings. The summed E-state index contributed by atoms with van der Waals surface area (Å²) >= 11 is 5.99. The zero-order valence-corrected chi connectivity index (χ0v) is 20.7. The third-order valence-electron chi connectivity index (χ3n) is 6.53. The highest BCUT2D eigenvalue weighted by Gasteiger charge is 2.51. The number of aliphatic hydroxyl groups is 3. The first kappa shape index (κ1) is 26.0. The Labute approximate surface area is 213 Å². The fourth-order valence-corrected chi connectivity index (χ4v) is 4.96. The topological polar surface area (TPSA) is 129 Å². The van der Waals surface area contributed by atoms with Crippen LogP contribution in [0.3, 0.4) is 0 Å². The van der Waals surface area contributed by atoms with E-state index in [1.807, 2.05) is 0 Å². The molecule has 0 aromatic heterocycles. The lowest BCUT2D eigenvalue weighted by Crippen LogP contribution is -2.55. The van der Waals surface area contributed by atoms with E-state index in [4.69, 9.17) is 21.1 Å². The van der Waals surface area contributed by atoms with Crippen LogP contribution in [-0.2, 0) is 22.7 Å². The summed E-state index contributed by atoms with van der Waals surface area (Å²) in [5.41, 5.74) is 2.25. The molecule has 1 aliphatic heterocycles. The van der Waals surface area contributed by atoms with E-state index in [0.29, 0.717) is 33.2 Å². The number of carbonyl (C=O) groups excluding carboxylic acids is 2. The van der Waals surface area contributed by atoms with Gasteiger partial charge in [0.2, 0.25) is 11.8 Å². The van der Waals surface area contributed by atoms with Crippen LogP contribution < -0.4 is 14.8 Å². The van der Waals surface area contributed by atoms with Crippen LogP contribution >= 0.6 is 11.6 Å². The number of ether oxygens (including phenoxy) is 2. The molecule has 1 heterocycles. The van der Waals surface area contributed by atoms with Gasteiger partial charge < -0.3 is 35.0 Å². The summed E-state index contributed by atoms with van der Waals surface area (Å²) in [6.07, 6.45) is -0.470. The highest BCUT2D eigenvalue weighted by Crippen LogP contribution is 2.51. The Morgan fingerprint density at radius 2 is 1.89 bits per heavy atom. The maximum atomic E-state index is 13.2. The molecule has 2 amide bonds. The van der Waals surface area contributed by atoms with Gasteiger partial charge in [0.15, 0.2) is 11.5 Å². The molecule has 9 nitrogen and oxygen atoms in total. The molecule has 0 unspecified atom stereocenters. The van der Waals surface area contributed by atoms with Gasteiger partial charge in [0, 0.05) is 36.2 Å². The zero-order valence-electron chi connectivity index (χ0n) is 20.0. The highest BCUT2D eigenvalue weighted by atomic mass is 35.5. The number of nitrogens with one attached hydrogen (secondary N) is 1. The zero-order chi connectivity index (χ0) is 26.0. The van der Waals surface area contributed by atoms with Crippen LogP contribution in [0, 0.1) is 0 Å². The maximum absolute atomic E-state index is 13.2. The van der Waals surface area contributed by atoms with Crippen molar-refractivity contribution in [3.63, 3.8) is 0 Å². The molecule has 0 spiro atoms. The van der Waals surface area contributed by atoms with Gasteiger partial charge in [-0.05, 0) is 41.5 Å². The number of methoxy groups -OCH3 is 1. The Bertz CT molecular complexity index is 1170. The summed E-state index contributed by atoms with van der Waals surface area (Å²) < 4.78 is 11.6. The van der Waals surface area contributed by atoms with Gasteiger partial charge >= 0.3 is 0 Å². The van der Waals surface area contributed by atoms with E-state index in [9.17, 15) is 24.9 Å². The number of fused-ring (bicyclic) bond motifs is 3. The van der Waals surface area contributed by atoms with Gasteiger partial charge in [0.25, 0.3) is 0 Å². The number of rotatable bonds is 8. The van der Waals surface area contributed by atoms with Crippen molar-refractivity contribution < 1.29 is 34.4 Å². The van der Waals surface area contributed by atoms with Crippen LogP contribution in [0.4, 0.5) is 0 Å². The summed E-state index contributed by atoms with van der Waals surface area (Å²) in [7, 11) is 1.47. The van der Waals surface area contributed by atoms with Gasteiger partial charge in [-0.25, -0.2) is 0 Å². The van der Waals surface area contributed by atoms with Gasteiger partial charge in [-0.1, -0.05) is 23.7 Å². The predicted molar refractivity (Wildman–Crippen MR) is 132 cm³/mol. The molecular weight excluding hydrogens is 488 g/mol. The molecule has 1 aliphatic carbocycles. The smallest absolute Gasteiger partial charge is 0.247 e. The average Bonchev–Trinajstić information content (AvgIpc) is 3.26. The summed E-state index contributed by atoms with van der Waals surface area (Å²) in [5.74, 6) is -0.674. The number of hydrogen-bond donors (Lipinski definition) is 4. The van der Waals surface area contributed by atoms with E-state index < -0.39 is 30.1 Å². The number of carbonyl (C=O) groups is 2. The highest BCUT2D eigenvalue weighted by molar-refractivity contribution is 6.30. The van der Waals surface area contributed by atoms with Crippen LogP contribution in [0.1, 0.15) is 29.5 Å². The molecule has 0 radical (unpaired) electrons. The molecule has 2 aromatic carbocycles. The molecule has 0 bridgehead atoms. The largest absolute Gasteiger partial charge is 0.493 e. The second-order valence-corrected chi connectivity index (χ2v) is 9.23. The van der Waals surface area contributed by atoms with Crippen molar-refractivity contribution in [1.29, 1.82) is 0 Å². The van der Waals surface area contributed by atoms with E-state index in [2.05, 4.69) is 5.32 Å². The summed E-state index contributed by atoms with van der Waals surface area (Å²) in [6, 6.07) is 9.50. The van der Waals surface area contributed by atoms with Crippen LogP contribution in [0.15, 0.2) is 48.0 Å². The minimum Gasteiger partial charge on any atom is -0.493 e. The summed E-state index contributed by atoms with van der Waals surface area (Å²) in [6.45, 7) is 1.12. The first-order valence-corrected chi connectivity index (χ1v) is 12.0. The fraction of sp³-hybridized carbons (Fsp3) is 0.385. The number of hydrogen-bond acceptors (Lipinski definition) is 7. The van der Waals surface area contributed by atoms with Gasteiger partial charge in [-0.15, -0.1) is 0 Å². The van der Waals surface area contributed by atoms with E-state index in [1.54, 1.807) is 42.5 Å². The number of amides is 2. The summed E-state index contributed by atoms with van der Waals surface area (Å²) in [5, 5.41) is 33.7. The normalized spacial score (nSPS) is 22.1. The van der Waals surface area contributed by atoms with Crippen LogP contribution in [-0.4, -0.2) is 70.5 Å². The lowest BCUT2D eigenvalue weighted by Gasteiger charge is -2.40. The Hall–Kier alpha value is -3.11. The quantitative estimate of drug-likeness (QED) is 0.418. The minimum atomic E-state index is -1.17. The summed E-state index contributed by atoms with van der Waals surface area (Å²) in [4.78, 5) is 27.5. The van der Waals surface area contributed by atoms with E-state index in [-0.39, 0.29) is 32.2 Å². The van der Waals surface area contributed by atoms with Gasteiger partial charge in [0.1, 0.15) is 12.2 Å². The fourth-order valence-electron chi connectivity index (χ4n) is 4.83. The van der Waals surface area contributed by atoms with Crippen LogP contribution in [0.25, 0.3) is 0 Å². The van der Waals surface area contributed by atoms with Crippen molar-refractivity contribution in [2.45, 2.75) is 44.2 Å². The molecule has 4 rings (SSSR count). The third-order valence-corrected chi connectivity index (χ3v) is 6.78. The SMILES string of the molecule is COc1cc(CO)cc2c1O[C@@H]1[C@@H](O)[C@H](N(Cc3ccc(Cl)cc3)C(C)=O)C=C(C(=O)NCCO)[C@H]21. The van der Waals surface area contributed by atoms with Crippen molar-refractivity contribution in [1.82, 2.24) is 10.2 Å². The van der Waals surface area contributed by atoms with Gasteiger partial charge in [-0.2, -0.15) is 0 Å². The van der Waals surface area contributed by atoms with E-state index in [0.717, 1.165) is 5.56 Å². The molecule has 2 aromatic rings. The molecule has 4 atom stereocenters. The standard InChI is InChI=1S/C26H29ClN2O7/c1-14(32)29(12-15-3-5-17(27)6-4-15)20-11-19(26(34)28-7-8-30)22-18-9-16(13-31)10-21(35-2)24(18)36-25(22)23(20)33/h3-6,9-11,20,22-23,25,30-31,33H,7-8,12-13H2,1-2H3,(H,28,34)/t20-,22+,23+,25+/m1/s1. The predicted octanol–water partition coefficient (Wildman–Crippen LogP) is 1.51. The van der Waals surface area contributed by atoms with E-state index >= 15 is 0 Å². The number of aliphatic hydroxyl groups excluding tert-OH is 3. The third kappa shape index (κ3) is 4.92. The van der Waals surface area contributed by atoms with Crippen molar-refractivity contribution in [3.8, 4) is 11.5 Å². The molecular formula is C26H29ClN2O7. The number of nitrogens with zero attached hydrogens (tertiary/aromatic N) is 1. The molecule has 10 heteroatoms. The van der Waals surface area contributed by atoms with Crippen LogP contribution in [0.5, 0.6) is 11.5 Å². The lowest BCUT2D eigenvalue weighted by molar-refractivity contribution is -0.135. The van der Waals surface area contributed by atoms with Crippen molar-refractivity contribution in [3.05, 3.63) is 69.8 Å². The van der Waals surface area contributed by atoms with Crippen molar-refractivity contribution >= 4 is 23.4 Å². The Kier molecular flexibility index (Phi) is 7.85. The monoisotopic (exact) mass is 516 g/mol. The number of benzene rings is 2. The molecule has 36 heavy (non-hydrogen) atoms. The second kappa shape index (κ2) is 10.9.